The van der Waals surface area contributed by atoms with E-state index in [2.05, 4.69) is 0 Å². The van der Waals surface area contributed by atoms with Gasteiger partial charge in [-0.15, -0.1) is 0 Å². The van der Waals surface area contributed by atoms with Crippen molar-refractivity contribution >= 4 is 34.7 Å². The number of hydrogen-bond donors (Lipinski definition) is 2. The predicted molar refractivity (Wildman–Crippen MR) is 59.1 cm³/mol. The normalized spacial score (nSPS) is 18.6. The van der Waals surface area contributed by atoms with Crippen molar-refractivity contribution in [2.45, 2.75) is 32.6 Å². The second kappa shape index (κ2) is 5.27. The first kappa shape index (κ1) is 13.6. The number of carbonyl (C=O) groups is 4. The molecule has 0 radical (unpaired) electrons. The minimum Gasteiger partial charge on any atom is -0.281 e. The van der Waals surface area contributed by atoms with E-state index in [-0.39, 0.29) is 6.42 Å². The smallest absolute Gasteiger partial charge is 0.281 e. The lowest BCUT2D eigenvalue weighted by Crippen LogP contribution is -2.62. The zero-order chi connectivity index (χ0) is 13.1. The molecule has 1 heterocycles. The number of carbonyl (C=O) groups excluding carboxylic acids is 4. The van der Waals surface area contributed by atoms with E-state index in [0.717, 1.165) is 6.42 Å². The molecule has 1 aliphatic heterocycles. The van der Waals surface area contributed by atoms with Gasteiger partial charge < -0.3 is 0 Å². The minimum absolute atomic E-state index is 0.187. The Kier molecular flexibility index (Phi) is 4.22. The maximum Gasteiger partial charge on any atom is 0.328 e. The van der Waals surface area contributed by atoms with Gasteiger partial charge in [0.2, 0.25) is 17.1 Å². The molecule has 94 valence electrons. The molecule has 0 aromatic carbocycles. The van der Waals surface area contributed by atoms with Gasteiger partial charge in [0.25, 0.3) is 0 Å². The number of unbranched alkanes of at least 4 members (excludes halogenated alkanes) is 1. The van der Waals surface area contributed by atoms with Crippen LogP contribution in [0, 0.1) is 5.41 Å². The molecule has 2 N–H and O–H groups in total. The van der Waals surface area contributed by atoms with E-state index >= 15 is 0 Å². The Hall–Kier alpha value is -1.43. The zero-order valence-electron chi connectivity index (χ0n) is 9.34. The summed E-state index contributed by atoms with van der Waals surface area (Å²) in [6, 6.07) is -0.867. The third-order valence-corrected chi connectivity index (χ3v) is 2.85. The summed E-state index contributed by atoms with van der Waals surface area (Å²) in [5.41, 5.74) is -1.55. The van der Waals surface area contributed by atoms with Gasteiger partial charge in [-0.1, -0.05) is 19.8 Å². The second-order valence-corrected chi connectivity index (χ2v) is 4.38. The molecule has 0 atom stereocenters. The van der Waals surface area contributed by atoms with Crippen molar-refractivity contribution in [2.75, 3.05) is 0 Å². The van der Waals surface area contributed by atoms with E-state index in [1.54, 1.807) is 0 Å². The number of barbiturate groups is 1. The van der Waals surface area contributed by atoms with Crippen molar-refractivity contribution in [3.05, 3.63) is 0 Å². The molecule has 0 spiro atoms. The molecule has 4 amide bonds. The Bertz CT molecular complexity index is 361. The molecule has 1 saturated heterocycles. The molecule has 0 saturated carbocycles. The van der Waals surface area contributed by atoms with Crippen LogP contribution >= 0.6 is 11.6 Å². The van der Waals surface area contributed by atoms with Crippen LogP contribution in [0.3, 0.4) is 0 Å². The summed E-state index contributed by atoms with van der Waals surface area (Å²) in [6.07, 6.45) is 1.12. The summed E-state index contributed by atoms with van der Waals surface area (Å²) in [5, 5.41) is 3.21. The second-order valence-electron chi connectivity index (χ2n) is 3.95. The van der Waals surface area contributed by atoms with Gasteiger partial charge in [-0.25, -0.2) is 4.79 Å². The third-order valence-electron chi connectivity index (χ3n) is 2.72. The van der Waals surface area contributed by atoms with Crippen LogP contribution in [-0.2, 0) is 14.4 Å². The standard InChI is InChI=1S/C10H13ClN2O4/c1-2-3-4-10(5-6(11)14)7(15)12-9(17)13-8(10)16/h2-5H2,1H3,(H2,12,13,15,16,17). The van der Waals surface area contributed by atoms with Crippen molar-refractivity contribution in [2.24, 2.45) is 5.41 Å². The van der Waals surface area contributed by atoms with Crippen LogP contribution in [0.25, 0.3) is 0 Å². The summed E-state index contributed by atoms with van der Waals surface area (Å²) in [7, 11) is 0. The average Bonchev–Trinajstić information content (AvgIpc) is 2.21. The lowest BCUT2D eigenvalue weighted by molar-refractivity contribution is -0.147. The van der Waals surface area contributed by atoms with E-state index in [1.807, 2.05) is 17.6 Å². The first-order chi connectivity index (χ1) is 7.92. The number of imide groups is 2. The number of rotatable bonds is 5. The molecule has 17 heavy (non-hydrogen) atoms. The van der Waals surface area contributed by atoms with Gasteiger partial charge in [0.15, 0.2) is 0 Å². The SMILES string of the molecule is CCCCC1(CC(=O)Cl)C(=O)NC(=O)NC1=O. The third kappa shape index (κ3) is 2.82. The summed E-state index contributed by atoms with van der Waals surface area (Å²) < 4.78 is 0. The topological polar surface area (TPSA) is 92.3 Å². The van der Waals surface area contributed by atoms with E-state index in [0.29, 0.717) is 6.42 Å². The van der Waals surface area contributed by atoms with Crippen molar-refractivity contribution < 1.29 is 19.2 Å². The highest BCUT2D eigenvalue weighted by Crippen LogP contribution is 2.32. The van der Waals surface area contributed by atoms with Crippen LogP contribution in [0.15, 0.2) is 0 Å². The fourth-order valence-corrected chi connectivity index (χ4v) is 2.00. The molecule has 0 aromatic rings. The molecule has 0 bridgehead atoms. The fourth-order valence-electron chi connectivity index (χ4n) is 1.77. The number of urea groups is 1. The molecular formula is C10H13ClN2O4. The summed E-state index contributed by atoms with van der Waals surface area (Å²) in [6.45, 7) is 1.89. The Morgan fingerprint density at radius 3 is 2.18 bits per heavy atom. The Morgan fingerprint density at radius 2 is 1.76 bits per heavy atom. The number of amides is 4. The molecule has 0 unspecified atom stereocenters. The minimum atomic E-state index is -1.55. The van der Waals surface area contributed by atoms with E-state index in [4.69, 9.17) is 11.6 Å². The lowest BCUT2D eigenvalue weighted by atomic mass is 9.77. The molecule has 7 heteroatoms. The van der Waals surface area contributed by atoms with Crippen LogP contribution < -0.4 is 10.6 Å². The highest BCUT2D eigenvalue weighted by atomic mass is 35.5. The van der Waals surface area contributed by atoms with Crippen molar-refractivity contribution in [1.29, 1.82) is 0 Å². The molecule has 1 fully saturated rings. The molecule has 0 aliphatic carbocycles. The van der Waals surface area contributed by atoms with E-state index < -0.39 is 34.9 Å². The van der Waals surface area contributed by atoms with Gasteiger partial charge in [0.1, 0.15) is 5.41 Å². The fraction of sp³-hybridized carbons (Fsp3) is 0.600. The Morgan fingerprint density at radius 1 is 1.24 bits per heavy atom. The molecule has 0 aromatic heterocycles. The van der Waals surface area contributed by atoms with E-state index in [1.165, 1.54) is 0 Å². The monoisotopic (exact) mass is 260 g/mol. The summed E-state index contributed by atoms with van der Waals surface area (Å²) >= 11 is 5.26. The van der Waals surface area contributed by atoms with Gasteiger partial charge in [0, 0.05) is 6.42 Å². The van der Waals surface area contributed by atoms with Crippen LogP contribution in [0.1, 0.15) is 32.6 Å². The maximum atomic E-state index is 11.8. The number of nitrogens with one attached hydrogen (secondary N) is 2. The zero-order valence-corrected chi connectivity index (χ0v) is 10.1. The molecule has 6 nitrogen and oxygen atoms in total. The summed E-state index contributed by atoms with van der Waals surface area (Å²) in [5.74, 6) is -1.51. The Labute approximate surface area is 103 Å². The average molecular weight is 261 g/mol. The molecular weight excluding hydrogens is 248 g/mol. The van der Waals surface area contributed by atoms with Gasteiger partial charge >= 0.3 is 6.03 Å². The van der Waals surface area contributed by atoms with E-state index in [9.17, 15) is 19.2 Å². The molecule has 1 aliphatic rings. The quantitative estimate of drug-likeness (QED) is 0.562. The van der Waals surface area contributed by atoms with Gasteiger partial charge in [-0.3, -0.25) is 25.0 Å². The first-order valence-electron chi connectivity index (χ1n) is 5.27. The number of halogens is 1. The molecule has 1 rings (SSSR count). The highest BCUT2D eigenvalue weighted by molar-refractivity contribution is 6.63. The lowest BCUT2D eigenvalue weighted by Gasteiger charge is -2.32. The highest BCUT2D eigenvalue weighted by Gasteiger charge is 2.50. The maximum absolute atomic E-state index is 11.8. The van der Waals surface area contributed by atoms with Crippen molar-refractivity contribution in [1.82, 2.24) is 10.6 Å². The Balaban J connectivity index is 3.01. The van der Waals surface area contributed by atoms with Gasteiger partial charge in [-0.05, 0) is 18.0 Å². The van der Waals surface area contributed by atoms with Gasteiger partial charge in [-0.2, -0.15) is 0 Å². The van der Waals surface area contributed by atoms with Crippen LogP contribution in [0.2, 0.25) is 0 Å². The van der Waals surface area contributed by atoms with Crippen LogP contribution in [-0.4, -0.2) is 23.1 Å². The number of hydrogen-bond acceptors (Lipinski definition) is 4. The van der Waals surface area contributed by atoms with Crippen LogP contribution in [0.4, 0.5) is 4.79 Å². The van der Waals surface area contributed by atoms with Crippen molar-refractivity contribution in [3.8, 4) is 0 Å². The van der Waals surface area contributed by atoms with Gasteiger partial charge in [0.05, 0.1) is 0 Å². The first-order valence-corrected chi connectivity index (χ1v) is 5.65. The van der Waals surface area contributed by atoms with Crippen LogP contribution in [0.5, 0.6) is 0 Å². The largest absolute Gasteiger partial charge is 0.328 e. The van der Waals surface area contributed by atoms with Crippen molar-refractivity contribution in [3.63, 3.8) is 0 Å². The summed E-state index contributed by atoms with van der Waals surface area (Å²) in [4.78, 5) is 45.5. The predicted octanol–water partition coefficient (Wildman–Crippen LogP) is 0.684.